The van der Waals surface area contributed by atoms with Gasteiger partial charge < -0.3 is 9.84 Å². The molecule has 2 amide bonds. The number of carbonyl (C=O) groups is 2. The van der Waals surface area contributed by atoms with Gasteiger partial charge in [0.25, 0.3) is 5.91 Å². The van der Waals surface area contributed by atoms with Crippen LogP contribution in [0.15, 0.2) is 6.20 Å². The summed E-state index contributed by atoms with van der Waals surface area (Å²) in [6.07, 6.45) is 0.611. The molecule has 0 aliphatic rings. The SMILES string of the molecule is CCOC(=O)NC(=O)Cn1cc(CO)nn1. The van der Waals surface area contributed by atoms with Gasteiger partial charge in [0.05, 0.1) is 19.4 Å². The maximum absolute atomic E-state index is 11.2. The number of nitrogens with zero attached hydrogens (tertiary/aromatic N) is 3. The van der Waals surface area contributed by atoms with E-state index in [1.807, 2.05) is 5.32 Å². The first kappa shape index (κ1) is 12.1. The molecule has 1 heterocycles. The number of aliphatic hydroxyl groups is 1. The Kier molecular flexibility index (Phi) is 4.40. The van der Waals surface area contributed by atoms with Crippen LogP contribution in [0.5, 0.6) is 0 Å². The molecular formula is C8H12N4O4. The minimum absolute atomic E-state index is 0.161. The smallest absolute Gasteiger partial charge is 0.413 e. The van der Waals surface area contributed by atoms with Crippen LogP contribution in [0.1, 0.15) is 12.6 Å². The molecule has 0 saturated heterocycles. The van der Waals surface area contributed by atoms with E-state index in [4.69, 9.17) is 5.11 Å². The molecule has 0 unspecified atom stereocenters. The Bertz CT molecular complexity index is 376. The van der Waals surface area contributed by atoms with Gasteiger partial charge in [-0.05, 0) is 6.92 Å². The number of rotatable bonds is 4. The molecule has 0 spiro atoms. The van der Waals surface area contributed by atoms with Crippen molar-refractivity contribution in [1.82, 2.24) is 20.3 Å². The summed E-state index contributed by atoms with van der Waals surface area (Å²) < 4.78 is 5.73. The molecular weight excluding hydrogens is 216 g/mol. The van der Waals surface area contributed by atoms with Crippen molar-refractivity contribution in [3.8, 4) is 0 Å². The maximum Gasteiger partial charge on any atom is 0.413 e. The van der Waals surface area contributed by atoms with E-state index in [1.54, 1.807) is 6.92 Å². The van der Waals surface area contributed by atoms with Gasteiger partial charge in [-0.15, -0.1) is 5.10 Å². The normalized spacial score (nSPS) is 9.88. The summed E-state index contributed by atoms with van der Waals surface area (Å²) in [6, 6.07) is 0. The Morgan fingerprint density at radius 2 is 2.38 bits per heavy atom. The number of alkyl carbamates (subject to hydrolysis) is 1. The summed E-state index contributed by atoms with van der Waals surface area (Å²) in [7, 11) is 0. The molecule has 0 aromatic carbocycles. The van der Waals surface area contributed by atoms with E-state index in [-0.39, 0.29) is 19.8 Å². The van der Waals surface area contributed by atoms with Crippen molar-refractivity contribution in [3.63, 3.8) is 0 Å². The predicted octanol–water partition coefficient (Wildman–Crippen LogP) is -0.957. The molecule has 16 heavy (non-hydrogen) atoms. The third kappa shape index (κ3) is 3.65. The molecule has 0 atom stereocenters. The van der Waals surface area contributed by atoms with Crippen LogP contribution in [0.3, 0.4) is 0 Å². The Balaban J connectivity index is 2.42. The van der Waals surface area contributed by atoms with Gasteiger partial charge >= 0.3 is 6.09 Å². The lowest BCUT2D eigenvalue weighted by molar-refractivity contribution is -0.121. The van der Waals surface area contributed by atoms with Crippen molar-refractivity contribution >= 4 is 12.0 Å². The van der Waals surface area contributed by atoms with Gasteiger partial charge in [0.15, 0.2) is 0 Å². The average Bonchev–Trinajstić information content (AvgIpc) is 2.65. The third-order valence-electron chi connectivity index (χ3n) is 1.57. The number of carbonyl (C=O) groups excluding carboxylic acids is 2. The molecule has 0 aliphatic heterocycles. The van der Waals surface area contributed by atoms with Crippen LogP contribution in [0.25, 0.3) is 0 Å². The van der Waals surface area contributed by atoms with Crippen LogP contribution < -0.4 is 5.32 Å². The summed E-state index contributed by atoms with van der Waals surface area (Å²) >= 11 is 0. The molecule has 8 nitrogen and oxygen atoms in total. The van der Waals surface area contributed by atoms with E-state index in [2.05, 4.69) is 15.0 Å². The number of imide groups is 1. The zero-order valence-electron chi connectivity index (χ0n) is 8.71. The number of nitrogens with one attached hydrogen (secondary N) is 1. The molecule has 0 saturated carbocycles. The second kappa shape index (κ2) is 5.81. The molecule has 8 heteroatoms. The zero-order chi connectivity index (χ0) is 12.0. The first-order valence-corrected chi connectivity index (χ1v) is 4.62. The van der Waals surface area contributed by atoms with E-state index in [1.165, 1.54) is 10.9 Å². The molecule has 1 rings (SSSR count). The fourth-order valence-electron chi connectivity index (χ4n) is 0.956. The minimum Gasteiger partial charge on any atom is -0.450 e. The molecule has 2 N–H and O–H groups in total. The zero-order valence-corrected chi connectivity index (χ0v) is 8.71. The fourth-order valence-corrected chi connectivity index (χ4v) is 0.956. The predicted molar refractivity (Wildman–Crippen MR) is 51.1 cm³/mol. The minimum atomic E-state index is -0.796. The summed E-state index contributed by atoms with van der Waals surface area (Å²) in [5.74, 6) is -0.562. The Labute approximate surface area is 91.2 Å². The van der Waals surface area contributed by atoms with Gasteiger partial charge in [-0.2, -0.15) is 0 Å². The highest BCUT2D eigenvalue weighted by atomic mass is 16.5. The van der Waals surface area contributed by atoms with Crippen LogP contribution >= 0.6 is 0 Å². The Morgan fingerprint density at radius 3 is 2.94 bits per heavy atom. The van der Waals surface area contributed by atoms with Gasteiger partial charge in [0, 0.05) is 0 Å². The number of amides is 2. The van der Waals surface area contributed by atoms with E-state index in [9.17, 15) is 9.59 Å². The first-order valence-electron chi connectivity index (χ1n) is 4.62. The molecule has 0 fully saturated rings. The standard InChI is InChI=1S/C8H12N4O4/c1-2-16-8(15)9-7(14)4-12-3-6(5-13)10-11-12/h3,13H,2,4-5H2,1H3,(H,9,14,15). The summed E-state index contributed by atoms with van der Waals surface area (Å²) in [5, 5.41) is 17.9. The van der Waals surface area contributed by atoms with Crippen molar-refractivity contribution in [2.75, 3.05) is 6.61 Å². The van der Waals surface area contributed by atoms with E-state index < -0.39 is 12.0 Å². The van der Waals surface area contributed by atoms with Crippen molar-refractivity contribution < 1.29 is 19.4 Å². The number of aliphatic hydroxyl groups excluding tert-OH is 1. The van der Waals surface area contributed by atoms with Crippen LogP contribution in [0, 0.1) is 0 Å². The lowest BCUT2D eigenvalue weighted by Gasteiger charge is -2.03. The van der Waals surface area contributed by atoms with Gasteiger partial charge in [0.1, 0.15) is 12.2 Å². The van der Waals surface area contributed by atoms with Crippen molar-refractivity contribution in [2.24, 2.45) is 0 Å². The van der Waals surface area contributed by atoms with Crippen LogP contribution in [0.2, 0.25) is 0 Å². The molecule has 0 radical (unpaired) electrons. The molecule has 88 valence electrons. The van der Waals surface area contributed by atoms with E-state index >= 15 is 0 Å². The van der Waals surface area contributed by atoms with Crippen molar-refractivity contribution in [3.05, 3.63) is 11.9 Å². The highest BCUT2D eigenvalue weighted by molar-refractivity contribution is 5.91. The van der Waals surface area contributed by atoms with Gasteiger partial charge in [-0.1, -0.05) is 5.21 Å². The molecule has 1 aromatic rings. The topological polar surface area (TPSA) is 106 Å². The second-order valence-corrected chi connectivity index (χ2v) is 2.83. The second-order valence-electron chi connectivity index (χ2n) is 2.83. The maximum atomic E-state index is 11.2. The molecule has 0 bridgehead atoms. The Hall–Kier alpha value is -1.96. The van der Waals surface area contributed by atoms with Crippen LogP contribution in [-0.2, 0) is 22.7 Å². The van der Waals surface area contributed by atoms with Crippen LogP contribution in [-0.4, -0.2) is 38.7 Å². The number of hydrogen-bond donors (Lipinski definition) is 2. The fraction of sp³-hybridized carbons (Fsp3) is 0.500. The first-order chi connectivity index (χ1) is 7.65. The number of ether oxygens (including phenoxy) is 1. The average molecular weight is 228 g/mol. The molecule has 0 aliphatic carbocycles. The quantitative estimate of drug-likeness (QED) is 0.687. The monoisotopic (exact) mass is 228 g/mol. The summed E-state index contributed by atoms with van der Waals surface area (Å²) in [6.45, 7) is 1.41. The van der Waals surface area contributed by atoms with Crippen molar-refractivity contribution in [1.29, 1.82) is 0 Å². The van der Waals surface area contributed by atoms with Gasteiger partial charge in [0.2, 0.25) is 0 Å². The Morgan fingerprint density at radius 1 is 1.62 bits per heavy atom. The van der Waals surface area contributed by atoms with E-state index in [0.717, 1.165) is 0 Å². The van der Waals surface area contributed by atoms with Crippen molar-refractivity contribution in [2.45, 2.75) is 20.1 Å². The van der Waals surface area contributed by atoms with Crippen LogP contribution in [0.4, 0.5) is 4.79 Å². The van der Waals surface area contributed by atoms with Gasteiger partial charge in [-0.3, -0.25) is 10.1 Å². The number of hydrogen-bond acceptors (Lipinski definition) is 6. The largest absolute Gasteiger partial charge is 0.450 e. The third-order valence-corrected chi connectivity index (χ3v) is 1.57. The molecule has 1 aromatic heterocycles. The van der Waals surface area contributed by atoms with E-state index in [0.29, 0.717) is 5.69 Å². The summed E-state index contributed by atoms with van der Waals surface area (Å²) in [5.41, 5.74) is 0.351. The number of aromatic nitrogens is 3. The highest BCUT2D eigenvalue weighted by Gasteiger charge is 2.09. The highest BCUT2D eigenvalue weighted by Crippen LogP contribution is 1.91. The van der Waals surface area contributed by atoms with Gasteiger partial charge in [-0.25, -0.2) is 9.48 Å². The lowest BCUT2D eigenvalue weighted by atomic mass is 10.5. The lowest BCUT2D eigenvalue weighted by Crippen LogP contribution is -2.33. The summed E-state index contributed by atoms with van der Waals surface area (Å²) in [4.78, 5) is 22.1.